The number of thiophene rings is 1. The van der Waals surface area contributed by atoms with Crippen LogP contribution >= 0.6 is 46.3 Å². The van der Waals surface area contributed by atoms with Crippen molar-refractivity contribution >= 4 is 52.2 Å². The molecule has 0 aliphatic carbocycles. The zero-order valence-corrected chi connectivity index (χ0v) is 13.6. The average molecular weight is 389 g/mol. The topological polar surface area (TPSA) is 41.1 Å². The van der Waals surface area contributed by atoms with E-state index >= 15 is 0 Å². The summed E-state index contributed by atoms with van der Waals surface area (Å²) in [5.74, 6) is 0.154. The molecule has 1 heterocycles. The lowest BCUT2D eigenvalue weighted by Crippen LogP contribution is -2.26. The molecule has 0 aliphatic heterocycles. The van der Waals surface area contributed by atoms with Gasteiger partial charge in [0.05, 0.1) is 2.88 Å². The molecule has 0 aromatic carbocycles. The van der Waals surface area contributed by atoms with Crippen molar-refractivity contribution < 1.29 is 4.79 Å². The van der Waals surface area contributed by atoms with Gasteiger partial charge >= 0.3 is 0 Å². The monoisotopic (exact) mass is 388 g/mol. The van der Waals surface area contributed by atoms with Crippen LogP contribution in [-0.4, -0.2) is 26.0 Å². The molecule has 0 fully saturated rings. The van der Waals surface area contributed by atoms with E-state index in [-0.39, 0.29) is 18.3 Å². The fourth-order valence-corrected chi connectivity index (χ4v) is 3.08. The molecule has 0 spiro atoms. The van der Waals surface area contributed by atoms with Crippen LogP contribution in [0.4, 0.5) is 0 Å². The molecule has 6 heteroatoms. The first-order valence-electron chi connectivity index (χ1n) is 5.38. The second kappa shape index (κ2) is 10.1. The number of carbonyl (C=O) groups excluding carboxylic acids is 1. The maximum atomic E-state index is 11.4. The summed E-state index contributed by atoms with van der Waals surface area (Å²) in [6, 6.07) is 4.23. The largest absolute Gasteiger partial charge is 0.356 e. The van der Waals surface area contributed by atoms with Crippen LogP contribution in [0, 0.1) is 2.88 Å². The van der Waals surface area contributed by atoms with Gasteiger partial charge in [0, 0.05) is 17.8 Å². The molecule has 3 nitrogen and oxygen atoms in total. The Kier molecular flexibility index (Phi) is 10.2. The van der Waals surface area contributed by atoms with E-state index in [1.54, 1.807) is 11.3 Å². The molecule has 2 N–H and O–H groups in total. The van der Waals surface area contributed by atoms with Gasteiger partial charge in [-0.1, -0.05) is 0 Å². The summed E-state index contributed by atoms with van der Waals surface area (Å²) < 4.78 is 1.30. The van der Waals surface area contributed by atoms with E-state index in [1.807, 2.05) is 7.05 Å². The van der Waals surface area contributed by atoms with Crippen LogP contribution in [0.5, 0.6) is 0 Å². The average Bonchev–Trinajstić information content (AvgIpc) is 2.65. The smallest absolute Gasteiger partial charge is 0.220 e. The van der Waals surface area contributed by atoms with E-state index in [4.69, 9.17) is 0 Å². The molecule has 1 amide bonds. The van der Waals surface area contributed by atoms with Crippen LogP contribution in [0.1, 0.15) is 17.7 Å². The third kappa shape index (κ3) is 7.96. The molecule has 0 bridgehead atoms. The number of nitrogens with one attached hydrogen (secondary N) is 2. The number of hydrogen-bond acceptors (Lipinski definition) is 3. The fourth-order valence-electron chi connectivity index (χ4n) is 1.33. The third-order valence-electron chi connectivity index (χ3n) is 2.15. The molecule has 0 saturated heterocycles. The first-order chi connectivity index (χ1) is 7.72. The van der Waals surface area contributed by atoms with E-state index in [1.165, 1.54) is 7.76 Å². The van der Waals surface area contributed by atoms with E-state index in [9.17, 15) is 4.79 Å². The van der Waals surface area contributed by atoms with Crippen LogP contribution in [0.3, 0.4) is 0 Å². The molecule has 98 valence electrons. The van der Waals surface area contributed by atoms with Gasteiger partial charge in [0.25, 0.3) is 0 Å². The van der Waals surface area contributed by atoms with Gasteiger partial charge in [0.1, 0.15) is 0 Å². The van der Waals surface area contributed by atoms with Crippen LogP contribution in [0.15, 0.2) is 12.1 Å². The van der Waals surface area contributed by atoms with Crippen molar-refractivity contribution in [3.8, 4) is 0 Å². The molecule has 0 aliphatic rings. The third-order valence-corrected chi connectivity index (χ3v) is 4.11. The van der Waals surface area contributed by atoms with Crippen LogP contribution in [-0.2, 0) is 11.2 Å². The summed E-state index contributed by atoms with van der Waals surface area (Å²) in [5, 5.41) is 5.97. The van der Waals surface area contributed by atoms with Gasteiger partial charge in [-0.25, -0.2) is 0 Å². The summed E-state index contributed by atoms with van der Waals surface area (Å²) in [6.45, 7) is 1.64. The summed E-state index contributed by atoms with van der Waals surface area (Å²) in [6.07, 6.45) is 2.45. The van der Waals surface area contributed by atoms with E-state index in [0.717, 1.165) is 25.9 Å². The summed E-state index contributed by atoms with van der Waals surface area (Å²) >= 11 is 4.10. The second-order valence-corrected chi connectivity index (χ2v) is 6.58. The van der Waals surface area contributed by atoms with Gasteiger partial charge in [0.15, 0.2) is 0 Å². The zero-order valence-electron chi connectivity index (χ0n) is 9.79. The van der Waals surface area contributed by atoms with E-state index in [0.29, 0.717) is 6.42 Å². The summed E-state index contributed by atoms with van der Waals surface area (Å²) in [7, 11) is 1.90. The van der Waals surface area contributed by atoms with Gasteiger partial charge in [-0.05, 0) is 61.2 Å². The van der Waals surface area contributed by atoms with Crippen LogP contribution in [0.2, 0.25) is 0 Å². The van der Waals surface area contributed by atoms with Crippen molar-refractivity contribution in [2.45, 2.75) is 19.3 Å². The highest BCUT2D eigenvalue weighted by molar-refractivity contribution is 14.1. The summed E-state index contributed by atoms with van der Waals surface area (Å²) in [4.78, 5) is 12.7. The van der Waals surface area contributed by atoms with Crippen LogP contribution < -0.4 is 10.6 Å². The standard InChI is InChI=1S/C11H17IN2OS.ClH/c1-13-7-2-3-11(15)14-8-6-9-4-5-10(12)16-9;/h4-5,13H,2-3,6-8H2,1H3,(H,14,15);1H. The Morgan fingerprint density at radius 1 is 1.41 bits per heavy atom. The van der Waals surface area contributed by atoms with Crippen LogP contribution in [0.25, 0.3) is 0 Å². The normalized spacial score (nSPS) is 9.76. The molecule has 1 aromatic heterocycles. The maximum Gasteiger partial charge on any atom is 0.220 e. The highest BCUT2D eigenvalue weighted by Gasteiger charge is 2.01. The lowest BCUT2D eigenvalue weighted by atomic mass is 10.3. The van der Waals surface area contributed by atoms with Crippen molar-refractivity contribution in [3.63, 3.8) is 0 Å². The minimum atomic E-state index is 0. The molecular weight excluding hydrogens is 371 g/mol. The summed E-state index contributed by atoms with van der Waals surface area (Å²) in [5.41, 5.74) is 0. The minimum Gasteiger partial charge on any atom is -0.356 e. The number of rotatable bonds is 7. The van der Waals surface area contributed by atoms with E-state index < -0.39 is 0 Å². The van der Waals surface area contributed by atoms with Gasteiger partial charge in [-0.3, -0.25) is 4.79 Å². The predicted octanol–water partition coefficient (Wildman–Crippen LogP) is 2.43. The Labute approximate surface area is 126 Å². The molecule has 0 unspecified atom stereocenters. The molecule has 0 atom stereocenters. The van der Waals surface area contributed by atoms with Gasteiger partial charge in [-0.2, -0.15) is 0 Å². The molecule has 0 radical (unpaired) electrons. The SMILES string of the molecule is CNCCCC(=O)NCCc1ccc(I)s1.Cl. The molecule has 1 rings (SSSR count). The zero-order chi connectivity index (χ0) is 11.8. The molecule has 0 saturated carbocycles. The quantitative estimate of drug-likeness (QED) is 0.556. The predicted molar refractivity (Wildman–Crippen MR) is 84.2 cm³/mol. The molecule has 1 aromatic rings. The second-order valence-electron chi connectivity index (χ2n) is 3.51. The lowest BCUT2D eigenvalue weighted by Gasteiger charge is -2.03. The molecular formula is C11H18ClIN2OS. The van der Waals surface area contributed by atoms with Crippen molar-refractivity contribution in [1.82, 2.24) is 10.6 Å². The van der Waals surface area contributed by atoms with Crippen molar-refractivity contribution in [3.05, 3.63) is 19.9 Å². The number of carbonyl (C=O) groups is 1. The Balaban J connectivity index is 0.00000256. The number of halogens is 2. The first-order valence-corrected chi connectivity index (χ1v) is 7.27. The fraction of sp³-hybridized carbons (Fsp3) is 0.545. The Morgan fingerprint density at radius 2 is 2.18 bits per heavy atom. The van der Waals surface area contributed by atoms with Gasteiger partial charge in [0.2, 0.25) is 5.91 Å². The Bertz CT molecular complexity index is 333. The van der Waals surface area contributed by atoms with Gasteiger partial charge in [-0.15, -0.1) is 23.7 Å². The Hall–Kier alpha value is 0.150. The van der Waals surface area contributed by atoms with E-state index in [2.05, 4.69) is 45.4 Å². The lowest BCUT2D eigenvalue weighted by molar-refractivity contribution is -0.121. The number of amides is 1. The van der Waals surface area contributed by atoms with Crippen molar-refractivity contribution in [2.24, 2.45) is 0 Å². The van der Waals surface area contributed by atoms with Crippen molar-refractivity contribution in [2.75, 3.05) is 20.1 Å². The first kappa shape index (κ1) is 17.2. The van der Waals surface area contributed by atoms with Crippen molar-refractivity contribution in [1.29, 1.82) is 0 Å². The maximum absolute atomic E-state index is 11.4. The van der Waals surface area contributed by atoms with Gasteiger partial charge < -0.3 is 10.6 Å². The Morgan fingerprint density at radius 3 is 2.76 bits per heavy atom. The highest BCUT2D eigenvalue weighted by atomic mass is 127. The minimum absolute atomic E-state index is 0. The highest BCUT2D eigenvalue weighted by Crippen LogP contribution is 2.18. The molecule has 17 heavy (non-hydrogen) atoms. The number of hydrogen-bond donors (Lipinski definition) is 2.